The molecule has 0 aliphatic heterocycles. The Morgan fingerprint density at radius 3 is 1.44 bits per heavy atom. The summed E-state index contributed by atoms with van der Waals surface area (Å²) < 4.78 is 0. The van der Waals surface area contributed by atoms with Crippen LogP contribution in [0.4, 0.5) is 10.3 Å². The number of rotatable bonds is 15. The number of aliphatic hydroxyl groups excluding tert-OH is 2. The highest BCUT2D eigenvalue weighted by atomic mass is 32.1. The van der Waals surface area contributed by atoms with Gasteiger partial charge in [-0.1, -0.05) is 50.4 Å². The van der Waals surface area contributed by atoms with Crippen LogP contribution in [0.15, 0.2) is 0 Å². The van der Waals surface area contributed by atoms with E-state index in [-0.39, 0.29) is 36.9 Å². The van der Waals surface area contributed by atoms with E-state index in [1.807, 2.05) is 0 Å². The first-order chi connectivity index (χ1) is 17.1. The summed E-state index contributed by atoms with van der Waals surface area (Å²) in [4.78, 5) is 24.8. The van der Waals surface area contributed by atoms with E-state index in [1.165, 1.54) is 22.7 Å². The number of hydrogen-bond acceptors (Lipinski definition) is 12. The summed E-state index contributed by atoms with van der Waals surface area (Å²) in [5.74, 6) is -1.79. The maximum atomic E-state index is 12.4. The molecule has 2 heterocycles. The van der Waals surface area contributed by atoms with Crippen molar-refractivity contribution in [3.8, 4) is 0 Å². The molecule has 2 aromatic heterocycles. The van der Waals surface area contributed by atoms with E-state index < -0.39 is 23.9 Å². The van der Waals surface area contributed by atoms with Gasteiger partial charge in [0.05, 0.1) is 11.8 Å². The number of carbonyl (C=O) groups is 2. The number of aliphatic hydroxyl groups is 2. The van der Waals surface area contributed by atoms with Crippen LogP contribution < -0.4 is 22.1 Å². The summed E-state index contributed by atoms with van der Waals surface area (Å²) in [6, 6.07) is -0.903. The molecule has 36 heavy (non-hydrogen) atoms. The molecule has 0 aromatic carbocycles. The molecule has 0 saturated carbocycles. The van der Waals surface area contributed by atoms with Crippen LogP contribution in [0.3, 0.4) is 0 Å². The molecule has 0 radical (unpaired) electrons. The molecule has 12 nitrogen and oxygen atoms in total. The molecule has 0 aliphatic rings. The van der Waals surface area contributed by atoms with Crippen molar-refractivity contribution in [1.29, 1.82) is 0 Å². The van der Waals surface area contributed by atoms with E-state index >= 15 is 0 Å². The molecular formula is C22H38N8O4S2. The van der Waals surface area contributed by atoms with Crippen molar-refractivity contribution in [3.05, 3.63) is 10.0 Å². The van der Waals surface area contributed by atoms with Gasteiger partial charge in [0, 0.05) is 38.1 Å². The van der Waals surface area contributed by atoms with E-state index in [9.17, 15) is 19.8 Å². The smallest absolute Gasteiger partial charge is 0.230 e. The molecule has 0 saturated heterocycles. The fourth-order valence-electron chi connectivity index (χ4n) is 3.38. The second-order valence-corrected chi connectivity index (χ2v) is 11.4. The minimum Gasteiger partial charge on any atom is -0.396 e. The summed E-state index contributed by atoms with van der Waals surface area (Å²) >= 11 is 2.65. The van der Waals surface area contributed by atoms with Crippen LogP contribution in [0.1, 0.15) is 50.6 Å². The van der Waals surface area contributed by atoms with Crippen molar-refractivity contribution >= 4 is 44.8 Å². The van der Waals surface area contributed by atoms with Gasteiger partial charge in [0.2, 0.25) is 22.1 Å². The van der Waals surface area contributed by atoms with Gasteiger partial charge >= 0.3 is 0 Å². The van der Waals surface area contributed by atoms with Gasteiger partial charge in [0.25, 0.3) is 0 Å². The summed E-state index contributed by atoms with van der Waals surface area (Å²) in [6.07, 6.45) is 3.13. The Kier molecular flexibility index (Phi) is 12.2. The number of hydrogen-bond donors (Lipinski definition) is 6. The molecule has 0 fully saturated rings. The molecule has 2 rings (SSSR count). The van der Waals surface area contributed by atoms with Crippen molar-refractivity contribution in [2.75, 3.05) is 23.8 Å². The lowest BCUT2D eigenvalue weighted by molar-refractivity contribution is -0.121. The third kappa shape index (κ3) is 8.78. The predicted molar refractivity (Wildman–Crippen MR) is 140 cm³/mol. The average Bonchev–Trinajstić information content (AvgIpc) is 3.52. The Hall–Kier alpha value is -2.10. The maximum absolute atomic E-state index is 12.4. The molecule has 14 heteroatoms. The molecule has 2 amide bonds. The third-order valence-corrected chi connectivity index (χ3v) is 8.09. The van der Waals surface area contributed by atoms with Crippen LogP contribution in [-0.2, 0) is 22.4 Å². The summed E-state index contributed by atoms with van der Waals surface area (Å²) in [5.41, 5.74) is 12.1. The van der Waals surface area contributed by atoms with Gasteiger partial charge in [0.15, 0.2) is 0 Å². The number of carbonyl (C=O) groups excluding carboxylic acids is 2. The van der Waals surface area contributed by atoms with Crippen LogP contribution in [0, 0.1) is 23.7 Å². The van der Waals surface area contributed by atoms with E-state index in [4.69, 9.17) is 11.5 Å². The topological polar surface area (TPSA) is 202 Å². The maximum Gasteiger partial charge on any atom is 0.230 e. The summed E-state index contributed by atoms with van der Waals surface area (Å²) in [7, 11) is 0. The Morgan fingerprint density at radius 1 is 0.750 bits per heavy atom. The van der Waals surface area contributed by atoms with Crippen LogP contribution in [0.2, 0.25) is 0 Å². The molecule has 202 valence electrons. The zero-order chi connectivity index (χ0) is 26.8. The highest BCUT2D eigenvalue weighted by Crippen LogP contribution is 2.22. The molecule has 8 N–H and O–H groups in total. The lowest BCUT2D eigenvalue weighted by Crippen LogP contribution is -2.42. The quantitative estimate of drug-likeness (QED) is 0.176. The minimum absolute atomic E-state index is 0.0760. The molecular weight excluding hydrogens is 504 g/mol. The number of nitrogens with zero attached hydrogens (tertiary/aromatic N) is 4. The number of nitrogens with two attached hydrogens (primary N) is 2. The molecule has 0 bridgehead atoms. The zero-order valence-electron chi connectivity index (χ0n) is 21.2. The van der Waals surface area contributed by atoms with Crippen LogP contribution >= 0.6 is 22.7 Å². The molecule has 6 atom stereocenters. The van der Waals surface area contributed by atoms with Crippen molar-refractivity contribution in [1.82, 2.24) is 20.4 Å². The van der Waals surface area contributed by atoms with Crippen LogP contribution in [0.5, 0.6) is 0 Å². The van der Waals surface area contributed by atoms with E-state index in [0.29, 0.717) is 23.1 Å². The minimum atomic E-state index is -0.467. The van der Waals surface area contributed by atoms with Crippen molar-refractivity contribution in [2.45, 2.75) is 65.5 Å². The number of nitrogens with one attached hydrogen (secondary N) is 2. The van der Waals surface area contributed by atoms with Crippen molar-refractivity contribution in [2.24, 2.45) is 35.1 Å². The van der Waals surface area contributed by atoms with Crippen molar-refractivity contribution in [3.63, 3.8) is 0 Å². The molecule has 2 aromatic rings. The molecule has 0 spiro atoms. The number of amides is 2. The van der Waals surface area contributed by atoms with Crippen LogP contribution in [-0.4, -0.2) is 67.7 Å². The Balaban J connectivity index is 1.74. The van der Waals surface area contributed by atoms with Gasteiger partial charge < -0.3 is 32.3 Å². The van der Waals surface area contributed by atoms with Gasteiger partial charge in [-0.25, -0.2) is 0 Å². The first-order valence-corrected chi connectivity index (χ1v) is 13.7. The first kappa shape index (κ1) is 30.1. The zero-order valence-corrected chi connectivity index (χ0v) is 22.8. The second-order valence-electron chi connectivity index (χ2n) is 9.24. The summed E-state index contributed by atoms with van der Waals surface area (Å²) in [5, 5.41) is 42.8. The van der Waals surface area contributed by atoms with E-state index in [2.05, 4.69) is 31.0 Å². The fraction of sp³-hybridized carbons (Fsp3) is 0.727. The van der Waals surface area contributed by atoms with Gasteiger partial charge in [-0.05, 0) is 24.7 Å². The average molecular weight is 543 g/mol. The predicted octanol–water partition coefficient (Wildman–Crippen LogP) is 1.02. The highest BCUT2D eigenvalue weighted by molar-refractivity contribution is 7.15. The van der Waals surface area contributed by atoms with Gasteiger partial charge in [-0.3, -0.25) is 9.59 Å². The Bertz CT molecular complexity index is 895. The Morgan fingerprint density at radius 2 is 1.11 bits per heavy atom. The first-order valence-electron chi connectivity index (χ1n) is 12.1. The van der Waals surface area contributed by atoms with Gasteiger partial charge in [-0.2, -0.15) is 0 Å². The number of aromatic nitrogens is 4. The third-order valence-electron chi connectivity index (χ3n) is 6.30. The monoisotopic (exact) mass is 542 g/mol. The molecule has 4 unspecified atom stereocenters. The fourth-order valence-corrected chi connectivity index (χ4v) is 4.95. The number of aryl methyl sites for hydroxylation is 2. The normalized spacial score (nSPS) is 16.6. The number of unbranched alkanes of at least 4 members (excludes halogenated alkanes) is 1. The Labute approximate surface area is 219 Å². The number of anilines is 2. The van der Waals surface area contributed by atoms with E-state index in [1.54, 1.807) is 27.7 Å². The summed E-state index contributed by atoms with van der Waals surface area (Å²) in [6.45, 7) is 6.90. The lowest BCUT2D eigenvalue weighted by atomic mass is 9.91. The lowest BCUT2D eigenvalue weighted by Gasteiger charge is -2.23. The van der Waals surface area contributed by atoms with Gasteiger partial charge in [0.1, 0.15) is 10.0 Å². The van der Waals surface area contributed by atoms with Gasteiger partial charge in [-0.15, -0.1) is 20.4 Å². The van der Waals surface area contributed by atoms with E-state index in [0.717, 1.165) is 22.9 Å². The SMILES string of the molecule is CC(CO)[C@H](N)C(C)C(=O)Nc1nnc(CCCCc2nnc(NC(=O)C(C)[C@@H](N)C(C)CO)s2)s1. The second kappa shape index (κ2) is 14.6. The largest absolute Gasteiger partial charge is 0.396 e. The van der Waals surface area contributed by atoms with Crippen LogP contribution in [0.25, 0.3) is 0 Å². The molecule has 0 aliphatic carbocycles. The highest BCUT2D eigenvalue weighted by Gasteiger charge is 2.27. The van der Waals surface area contributed by atoms with Crippen molar-refractivity contribution < 1.29 is 19.8 Å². The standard InChI is InChI=1S/C22H38N8O4S2/c1-11(9-31)17(23)13(3)19(33)25-21-29-27-15(35-21)7-5-6-8-16-28-30-22(36-16)26-20(34)14(4)18(24)12(2)10-32/h11-14,17-18,31-32H,5-10,23-24H2,1-4H3,(H,25,29,33)(H,26,30,34)/t11?,12?,13?,14?,17-,18-/m0/s1.